The third-order valence-corrected chi connectivity index (χ3v) is 3.28. The first-order valence-electron chi connectivity index (χ1n) is 3.44. The molecule has 54 valence electrons. The number of alkyl halides is 2. The maximum absolute atomic E-state index is 5.97. The fourth-order valence-electron chi connectivity index (χ4n) is 1.47. The first kappa shape index (κ1) is 6.75. The van der Waals surface area contributed by atoms with E-state index in [2.05, 4.69) is 18.2 Å². The van der Waals surface area contributed by atoms with Crippen LogP contribution >= 0.6 is 23.2 Å². The maximum atomic E-state index is 5.97. The van der Waals surface area contributed by atoms with E-state index in [4.69, 9.17) is 23.2 Å². The molecule has 2 rings (SSSR count). The predicted octanol–water partition coefficient (Wildman–Crippen LogP) is 2.92. The fraction of sp³-hybridized carbons (Fsp3) is 0.500. The summed E-state index contributed by atoms with van der Waals surface area (Å²) in [4.78, 5) is 0. The van der Waals surface area contributed by atoms with Crippen molar-refractivity contribution in [2.45, 2.75) is 10.8 Å². The highest BCUT2D eigenvalue weighted by molar-refractivity contribution is 6.51. The van der Waals surface area contributed by atoms with Crippen molar-refractivity contribution < 1.29 is 0 Å². The Balaban J connectivity index is 2.19. The van der Waals surface area contributed by atoms with Gasteiger partial charge in [-0.25, -0.2) is 0 Å². The van der Waals surface area contributed by atoms with Gasteiger partial charge >= 0.3 is 0 Å². The quantitative estimate of drug-likeness (QED) is 0.496. The molecule has 2 aliphatic rings. The van der Waals surface area contributed by atoms with Crippen LogP contribution in [0.1, 0.15) is 6.42 Å². The zero-order chi connectivity index (χ0) is 7.19. The van der Waals surface area contributed by atoms with Gasteiger partial charge < -0.3 is 0 Å². The minimum absolute atomic E-state index is 0.394. The van der Waals surface area contributed by atoms with Gasteiger partial charge in [0.1, 0.15) is 4.33 Å². The Labute approximate surface area is 70.5 Å². The molecule has 0 saturated heterocycles. The van der Waals surface area contributed by atoms with E-state index in [9.17, 15) is 0 Å². The van der Waals surface area contributed by atoms with E-state index in [1.807, 2.05) is 6.08 Å². The minimum Gasteiger partial charge on any atom is -0.101 e. The molecule has 2 aliphatic carbocycles. The Kier molecular flexibility index (Phi) is 1.37. The standard InChI is InChI=1S/C8H8Cl2/c9-8(10)6-4-2-1-3-5-7(6)8/h1-4,6-7H,5H2. The lowest BCUT2D eigenvalue weighted by Gasteiger charge is -1.93. The van der Waals surface area contributed by atoms with Crippen LogP contribution in [0.4, 0.5) is 0 Å². The van der Waals surface area contributed by atoms with E-state index in [1.54, 1.807) is 0 Å². The van der Waals surface area contributed by atoms with Gasteiger partial charge in [-0.05, 0) is 6.42 Å². The van der Waals surface area contributed by atoms with E-state index in [0.29, 0.717) is 11.8 Å². The molecule has 0 radical (unpaired) electrons. The summed E-state index contributed by atoms with van der Waals surface area (Å²) in [6.07, 6.45) is 9.31. The van der Waals surface area contributed by atoms with Crippen molar-refractivity contribution >= 4 is 23.2 Å². The summed E-state index contributed by atoms with van der Waals surface area (Å²) < 4.78 is -0.457. The van der Waals surface area contributed by atoms with E-state index in [1.165, 1.54) is 0 Å². The molecule has 0 heterocycles. The van der Waals surface area contributed by atoms with Gasteiger partial charge in [0, 0.05) is 11.8 Å². The normalized spacial score (nSPS) is 40.6. The lowest BCUT2D eigenvalue weighted by Crippen LogP contribution is -1.89. The summed E-state index contributed by atoms with van der Waals surface area (Å²) in [5, 5.41) is 0. The number of fused-ring (bicyclic) bond motifs is 1. The Morgan fingerprint density at radius 1 is 1.30 bits per heavy atom. The van der Waals surface area contributed by atoms with Crippen LogP contribution in [0.3, 0.4) is 0 Å². The zero-order valence-corrected chi connectivity index (χ0v) is 6.94. The zero-order valence-electron chi connectivity index (χ0n) is 5.43. The molecule has 1 fully saturated rings. The van der Waals surface area contributed by atoms with Crippen molar-refractivity contribution in [1.82, 2.24) is 0 Å². The summed E-state index contributed by atoms with van der Waals surface area (Å²) in [6, 6.07) is 0. The van der Waals surface area contributed by atoms with Crippen molar-refractivity contribution in [2.24, 2.45) is 11.8 Å². The summed E-state index contributed by atoms with van der Waals surface area (Å²) in [6.45, 7) is 0. The molecule has 0 aromatic heterocycles. The van der Waals surface area contributed by atoms with Gasteiger partial charge in [0.15, 0.2) is 0 Å². The summed E-state index contributed by atoms with van der Waals surface area (Å²) >= 11 is 11.9. The largest absolute Gasteiger partial charge is 0.128 e. The average molecular weight is 175 g/mol. The molecule has 0 nitrogen and oxygen atoms in total. The summed E-state index contributed by atoms with van der Waals surface area (Å²) in [7, 11) is 0. The molecule has 0 bridgehead atoms. The molecule has 0 N–H and O–H groups in total. The number of hydrogen-bond acceptors (Lipinski definition) is 0. The molecule has 0 spiro atoms. The lowest BCUT2D eigenvalue weighted by atomic mass is 10.2. The van der Waals surface area contributed by atoms with Crippen LogP contribution < -0.4 is 0 Å². The first-order chi connectivity index (χ1) is 4.73. The monoisotopic (exact) mass is 174 g/mol. The van der Waals surface area contributed by atoms with E-state index >= 15 is 0 Å². The Bertz CT molecular complexity index is 203. The number of hydrogen-bond donors (Lipinski definition) is 0. The molecule has 0 aromatic carbocycles. The fourth-order valence-corrected chi connectivity index (χ4v) is 2.24. The van der Waals surface area contributed by atoms with Gasteiger partial charge in [-0.2, -0.15) is 0 Å². The van der Waals surface area contributed by atoms with Gasteiger partial charge in [-0.3, -0.25) is 0 Å². The van der Waals surface area contributed by atoms with E-state index in [0.717, 1.165) is 6.42 Å². The highest BCUT2D eigenvalue weighted by atomic mass is 35.5. The second-order valence-electron chi connectivity index (χ2n) is 2.86. The summed E-state index contributed by atoms with van der Waals surface area (Å²) in [5.74, 6) is 0.858. The molecule has 0 amide bonds. The molecule has 1 saturated carbocycles. The number of halogens is 2. The number of allylic oxidation sites excluding steroid dienone is 4. The topological polar surface area (TPSA) is 0 Å². The van der Waals surface area contributed by atoms with Crippen LogP contribution in [-0.2, 0) is 0 Å². The van der Waals surface area contributed by atoms with Crippen LogP contribution in [0, 0.1) is 11.8 Å². The highest BCUT2D eigenvalue weighted by Crippen LogP contribution is 2.62. The molecule has 2 heteroatoms. The Morgan fingerprint density at radius 3 is 2.90 bits per heavy atom. The van der Waals surface area contributed by atoms with Crippen molar-refractivity contribution in [3.63, 3.8) is 0 Å². The van der Waals surface area contributed by atoms with Gasteiger partial charge in [0.05, 0.1) is 0 Å². The first-order valence-corrected chi connectivity index (χ1v) is 4.19. The van der Waals surface area contributed by atoms with Crippen LogP contribution in [0.25, 0.3) is 0 Å². The van der Waals surface area contributed by atoms with E-state index in [-0.39, 0.29) is 0 Å². The molecule has 0 aliphatic heterocycles. The Morgan fingerprint density at radius 2 is 2.10 bits per heavy atom. The second kappa shape index (κ2) is 2.02. The lowest BCUT2D eigenvalue weighted by molar-refractivity contribution is 0.808. The van der Waals surface area contributed by atoms with Gasteiger partial charge in [0.2, 0.25) is 0 Å². The smallest absolute Gasteiger partial charge is 0.101 e. The molecular weight excluding hydrogens is 167 g/mol. The predicted molar refractivity (Wildman–Crippen MR) is 44.3 cm³/mol. The molecule has 2 unspecified atom stereocenters. The van der Waals surface area contributed by atoms with Crippen molar-refractivity contribution in [3.8, 4) is 0 Å². The van der Waals surface area contributed by atoms with Crippen molar-refractivity contribution in [2.75, 3.05) is 0 Å². The third-order valence-electron chi connectivity index (χ3n) is 2.22. The van der Waals surface area contributed by atoms with Gasteiger partial charge in [0.25, 0.3) is 0 Å². The average Bonchev–Trinajstić information content (AvgIpc) is 2.47. The third kappa shape index (κ3) is 0.826. The number of rotatable bonds is 0. The van der Waals surface area contributed by atoms with Gasteiger partial charge in [-0.1, -0.05) is 24.3 Å². The maximum Gasteiger partial charge on any atom is 0.128 e. The molecule has 2 atom stereocenters. The molecule has 10 heavy (non-hydrogen) atoms. The molecule has 0 aromatic rings. The van der Waals surface area contributed by atoms with Crippen LogP contribution in [0.15, 0.2) is 24.3 Å². The minimum atomic E-state index is -0.457. The second-order valence-corrected chi connectivity index (χ2v) is 4.30. The van der Waals surface area contributed by atoms with Crippen LogP contribution in [0.2, 0.25) is 0 Å². The highest BCUT2D eigenvalue weighted by Gasteiger charge is 2.60. The van der Waals surface area contributed by atoms with Crippen LogP contribution in [-0.4, -0.2) is 4.33 Å². The summed E-state index contributed by atoms with van der Waals surface area (Å²) in [5.41, 5.74) is 0. The van der Waals surface area contributed by atoms with E-state index < -0.39 is 4.33 Å². The van der Waals surface area contributed by atoms with Crippen molar-refractivity contribution in [3.05, 3.63) is 24.3 Å². The van der Waals surface area contributed by atoms with Crippen molar-refractivity contribution in [1.29, 1.82) is 0 Å². The Hall–Kier alpha value is 0.0600. The van der Waals surface area contributed by atoms with Crippen LogP contribution in [0.5, 0.6) is 0 Å². The SMILES string of the molecule is ClC1(Cl)C2C=CC=CCC21. The van der Waals surface area contributed by atoms with Gasteiger partial charge in [-0.15, -0.1) is 23.2 Å². The molecular formula is C8H8Cl2.